The molecule has 16 heavy (non-hydrogen) atoms. The van der Waals surface area contributed by atoms with Crippen LogP contribution in [-0.2, 0) is 13.0 Å². The van der Waals surface area contributed by atoms with E-state index in [1.165, 1.54) is 45.3 Å². The van der Waals surface area contributed by atoms with E-state index in [4.69, 9.17) is 0 Å². The topological polar surface area (TPSA) is 3.24 Å². The molecule has 1 fully saturated rings. The SMILES string of the molecule is SCC1(CN2CCc3sccc3C2)CCC1. The molecular formula is C13H19NS2. The summed E-state index contributed by atoms with van der Waals surface area (Å²) in [5.74, 6) is 1.07. The van der Waals surface area contributed by atoms with E-state index in [1.807, 2.05) is 11.3 Å². The highest BCUT2D eigenvalue weighted by atomic mass is 32.1. The van der Waals surface area contributed by atoms with Gasteiger partial charge in [0.1, 0.15) is 0 Å². The van der Waals surface area contributed by atoms with Crippen LogP contribution in [0.5, 0.6) is 0 Å². The van der Waals surface area contributed by atoms with E-state index >= 15 is 0 Å². The van der Waals surface area contributed by atoms with Crippen LogP contribution >= 0.6 is 24.0 Å². The molecule has 0 spiro atoms. The maximum Gasteiger partial charge on any atom is 0.0245 e. The summed E-state index contributed by atoms with van der Waals surface area (Å²) in [7, 11) is 0. The highest BCUT2D eigenvalue weighted by Gasteiger charge is 2.37. The van der Waals surface area contributed by atoms with Crippen molar-refractivity contribution < 1.29 is 0 Å². The van der Waals surface area contributed by atoms with E-state index in [0.29, 0.717) is 5.41 Å². The van der Waals surface area contributed by atoms with Crippen molar-refractivity contribution in [2.24, 2.45) is 5.41 Å². The second-order valence-corrected chi connectivity index (χ2v) is 6.66. The lowest BCUT2D eigenvalue weighted by Gasteiger charge is -2.45. The maximum atomic E-state index is 4.55. The van der Waals surface area contributed by atoms with Crippen LogP contribution in [0.1, 0.15) is 29.7 Å². The lowest BCUT2D eigenvalue weighted by molar-refractivity contribution is 0.0833. The molecule has 2 heterocycles. The second-order valence-electron chi connectivity index (χ2n) is 5.34. The Kier molecular flexibility index (Phi) is 3.03. The molecular weight excluding hydrogens is 234 g/mol. The Morgan fingerprint density at radius 3 is 3.00 bits per heavy atom. The molecule has 88 valence electrons. The van der Waals surface area contributed by atoms with E-state index in [0.717, 1.165) is 5.75 Å². The lowest BCUT2D eigenvalue weighted by Crippen LogP contribution is -2.45. The van der Waals surface area contributed by atoms with Gasteiger partial charge >= 0.3 is 0 Å². The fourth-order valence-electron chi connectivity index (χ4n) is 2.96. The smallest absolute Gasteiger partial charge is 0.0245 e. The zero-order valence-corrected chi connectivity index (χ0v) is 11.3. The quantitative estimate of drug-likeness (QED) is 0.810. The van der Waals surface area contributed by atoms with Gasteiger partial charge in [-0.25, -0.2) is 0 Å². The average Bonchev–Trinajstić information content (AvgIpc) is 2.70. The fraction of sp³-hybridized carbons (Fsp3) is 0.692. The normalized spacial score (nSPS) is 23.8. The summed E-state index contributed by atoms with van der Waals surface area (Å²) < 4.78 is 0. The minimum absolute atomic E-state index is 0.552. The number of hydrogen-bond donors (Lipinski definition) is 1. The molecule has 3 heteroatoms. The van der Waals surface area contributed by atoms with E-state index < -0.39 is 0 Å². The van der Waals surface area contributed by atoms with Crippen molar-refractivity contribution in [3.8, 4) is 0 Å². The summed E-state index contributed by atoms with van der Waals surface area (Å²) in [5, 5.41) is 2.24. The average molecular weight is 253 g/mol. The van der Waals surface area contributed by atoms with Crippen molar-refractivity contribution in [3.05, 3.63) is 21.9 Å². The molecule has 0 unspecified atom stereocenters. The van der Waals surface area contributed by atoms with Crippen molar-refractivity contribution >= 4 is 24.0 Å². The molecule has 1 saturated carbocycles. The minimum Gasteiger partial charge on any atom is -0.298 e. The molecule has 1 aromatic heterocycles. The Morgan fingerprint density at radius 2 is 2.31 bits per heavy atom. The summed E-state index contributed by atoms with van der Waals surface area (Å²) >= 11 is 6.48. The van der Waals surface area contributed by atoms with Gasteiger partial charge in [-0.3, -0.25) is 4.90 Å². The van der Waals surface area contributed by atoms with Crippen LogP contribution < -0.4 is 0 Å². The highest BCUT2D eigenvalue weighted by Crippen LogP contribution is 2.43. The maximum absolute atomic E-state index is 4.55. The van der Waals surface area contributed by atoms with Crippen LogP contribution in [0.3, 0.4) is 0 Å². The largest absolute Gasteiger partial charge is 0.298 e. The zero-order valence-electron chi connectivity index (χ0n) is 9.61. The molecule has 0 N–H and O–H groups in total. The predicted molar refractivity (Wildman–Crippen MR) is 73.4 cm³/mol. The van der Waals surface area contributed by atoms with E-state index in [9.17, 15) is 0 Å². The lowest BCUT2D eigenvalue weighted by atomic mass is 9.70. The number of nitrogens with zero attached hydrogens (tertiary/aromatic N) is 1. The molecule has 0 saturated heterocycles. The first kappa shape index (κ1) is 11.1. The van der Waals surface area contributed by atoms with Gasteiger partial charge in [0.15, 0.2) is 0 Å². The molecule has 0 bridgehead atoms. The fourth-order valence-corrected chi connectivity index (χ4v) is 4.27. The third-order valence-corrected chi connectivity index (χ3v) is 5.89. The summed E-state index contributed by atoms with van der Waals surface area (Å²) in [6.45, 7) is 3.70. The van der Waals surface area contributed by atoms with E-state index in [2.05, 4.69) is 29.0 Å². The molecule has 0 atom stereocenters. The highest BCUT2D eigenvalue weighted by molar-refractivity contribution is 7.80. The van der Waals surface area contributed by atoms with Gasteiger partial charge < -0.3 is 0 Å². The molecule has 1 aliphatic heterocycles. The van der Waals surface area contributed by atoms with Crippen LogP contribution in [0.15, 0.2) is 11.4 Å². The second kappa shape index (κ2) is 4.35. The molecule has 0 radical (unpaired) electrons. The van der Waals surface area contributed by atoms with Crippen molar-refractivity contribution in [2.75, 3.05) is 18.8 Å². The van der Waals surface area contributed by atoms with Gasteiger partial charge in [-0.15, -0.1) is 11.3 Å². The Bertz CT molecular complexity index is 362. The van der Waals surface area contributed by atoms with Gasteiger partial charge in [0.2, 0.25) is 0 Å². The standard InChI is InChI=1S/C13H19NS2/c15-10-13(4-1-5-13)9-14-6-2-12-11(8-14)3-7-16-12/h3,7,15H,1-2,4-6,8-10H2. The third kappa shape index (κ3) is 1.93. The summed E-state index contributed by atoms with van der Waals surface area (Å²) in [6, 6.07) is 2.31. The first-order valence-electron chi connectivity index (χ1n) is 6.20. The molecule has 2 aliphatic rings. The Balaban J connectivity index is 1.65. The first-order valence-corrected chi connectivity index (χ1v) is 7.71. The summed E-state index contributed by atoms with van der Waals surface area (Å²) in [6.07, 6.45) is 5.46. The number of thiophene rings is 1. The van der Waals surface area contributed by atoms with Gasteiger partial charge in [0.05, 0.1) is 0 Å². The summed E-state index contributed by atoms with van der Waals surface area (Å²) in [5.41, 5.74) is 2.13. The Hall–Kier alpha value is 0.0100. The third-order valence-electron chi connectivity index (χ3n) is 4.20. The number of rotatable bonds is 3. The van der Waals surface area contributed by atoms with Gasteiger partial charge in [0, 0.05) is 24.5 Å². The van der Waals surface area contributed by atoms with Crippen LogP contribution in [-0.4, -0.2) is 23.7 Å². The molecule has 3 rings (SSSR count). The molecule has 1 aliphatic carbocycles. The minimum atomic E-state index is 0.552. The van der Waals surface area contributed by atoms with Crippen LogP contribution in [0.25, 0.3) is 0 Å². The van der Waals surface area contributed by atoms with Crippen LogP contribution in [0.4, 0.5) is 0 Å². The van der Waals surface area contributed by atoms with Crippen molar-refractivity contribution in [1.82, 2.24) is 4.90 Å². The summed E-state index contributed by atoms with van der Waals surface area (Å²) in [4.78, 5) is 4.26. The van der Waals surface area contributed by atoms with Gasteiger partial charge in [-0.05, 0) is 47.4 Å². The molecule has 0 aromatic carbocycles. The van der Waals surface area contributed by atoms with Crippen molar-refractivity contribution in [1.29, 1.82) is 0 Å². The van der Waals surface area contributed by atoms with Crippen LogP contribution in [0, 0.1) is 5.41 Å². The molecule has 0 amide bonds. The van der Waals surface area contributed by atoms with Crippen molar-refractivity contribution in [3.63, 3.8) is 0 Å². The Labute approximate surface area is 107 Å². The number of hydrogen-bond acceptors (Lipinski definition) is 3. The molecule has 1 nitrogen and oxygen atoms in total. The van der Waals surface area contributed by atoms with Gasteiger partial charge in [-0.1, -0.05) is 6.42 Å². The Morgan fingerprint density at radius 1 is 1.44 bits per heavy atom. The predicted octanol–water partition coefficient (Wildman–Crippen LogP) is 3.21. The monoisotopic (exact) mass is 253 g/mol. The zero-order chi connectivity index (χ0) is 11.0. The first-order chi connectivity index (χ1) is 7.81. The van der Waals surface area contributed by atoms with Crippen LogP contribution in [0.2, 0.25) is 0 Å². The number of thiol groups is 1. The van der Waals surface area contributed by atoms with Crippen molar-refractivity contribution in [2.45, 2.75) is 32.2 Å². The van der Waals surface area contributed by atoms with Gasteiger partial charge in [0.25, 0.3) is 0 Å². The van der Waals surface area contributed by atoms with E-state index in [1.54, 1.807) is 10.4 Å². The molecule has 1 aromatic rings. The number of fused-ring (bicyclic) bond motifs is 1. The van der Waals surface area contributed by atoms with E-state index in [-0.39, 0.29) is 0 Å². The van der Waals surface area contributed by atoms with Gasteiger partial charge in [-0.2, -0.15) is 12.6 Å².